The summed E-state index contributed by atoms with van der Waals surface area (Å²) in [6, 6.07) is 7.69. The lowest BCUT2D eigenvalue weighted by molar-refractivity contribution is 0.191. The molecule has 118 valence electrons. The molecule has 1 atom stereocenters. The highest BCUT2D eigenvalue weighted by molar-refractivity contribution is 5.39. The second kappa shape index (κ2) is 9.42. The molecule has 1 rings (SSSR count). The fraction of sp³-hybridized carbons (Fsp3) is 0.529. The molecule has 0 aliphatic rings. The third-order valence-corrected chi connectivity index (χ3v) is 3.50. The second-order valence-electron chi connectivity index (χ2n) is 5.28. The SMILES string of the molecule is C=CC(C)(CCOc1ccccc1OC)CNCCOC. The van der Waals surface area contributed by atoms with Crippen molar-refractivity contribution < 1.29 is 14.2 Å². The molecule has 0 spiro atoms. The summed E-state index contributed by atoms with van der Waals surface area (Å²) >= 11 is 0. The van der Waals surface area contributed by atoms with Crippen molar-refractivity contribution in [3.63, 3.8) is 0 Å². The maximum absolute atomic E-state index is 5.83. The number of ether oxygens (including phenoxy) is 3. The van der Waals surface area contributed by atoms with Crippen molar-refractivity contribution in [2.75, 3.05) is 40.5 Å². The number of rotatable bonds is 11. The number of nitrogens with one attached hydrogen (secondary N) is 1. The monoisotopic (exact) mass is 293 g/mol. The molecule has 0 saturated carbocycles. The molecule has 0 aliphatic heterocycles. The Balaban J connectivity index is 2.42. The Kier molecular flexibility index (Phi) is 7.87. The summed E-state index contributed by atoms with van der Waals surface area (Å²) in [5.74, 6) is 1.54. The largest absolute Gasteiger partial charge is 0.493 e. The van der Waals surface area contributed by atoms with Crippen LogP contribution in [0.1, 0.15) is 13.3 Å². The summed E-state index contributed by atoms with van der Waals surface area (Å²) in [5.41, 5.74) is -0.00421. The highest BCUT2D eigenvalue weighted by Crippen LogP contribution is 2.28. The number of hydrogen-bond acceptors (Lipinski definition) is 4. The number of para-hydroxylation sites is 2. The summed E-state index contributed by atoms with van der Waals surface area (Å²) in [5, 5.41) is 3.37. The molecule has 4 heteroatoms. The van der Waals surface area contributed by atoms with Crippen molar-refractivity contribution in [2.24, 2.45) is 5.41 Å². The average Bonchev–Trinajstić information content (AvgIpc) is 2.52. The van der Waals surface area contributed by atoms with Gasteiger partial charge in [-0.1, -0.05) is 25.1 Å². The van der Waals surface area contributed by atoms with E-state index in [0.29, 0.717) is 13.2 Å². The zero-order valence-corrected chi connectivity index (χ0v) is 13.4. The highest BCUT2D eigenvalue weighted by Gasteiger charge is 2.20. The van der Waals surface area contributed by atoms with Crippen LogP contribution in [0, 0.1) is 5.41 Å². The molecule has 1 unspecified atom stereocenters. The first-order valence-electron chi connectivity index (χ1n) is 7.24. The van der Waals surface area contributed by atoms with E-state index < -0.39 is 0 Å². The van der Waals surface area contributed by atoms with Gasteiger partial charge in [0.05, 0.1) is 20.3 Å². The van der Waals surface area contributed by atoms with Gasteiger partial charge >= 0.3 is 0 Å². The fourth-order valence-electron chi connectivity index (χ4n) is 1.94. The second-order valence-corrected chi connectivity index (χ2v) is 5.28. The van der Waals surface area contributed by atoms with Crippen LogP contribution in [0.3, 0.4) is 0 Å². The maximum Gasteiger partial charge on any atom is 0.161 e. The van der Waals surface area contributed by atoms with Gasteiger partial charge in [-0.3, -0.25) is 0 Å². The van der Waals surface area contributed by atoms with Crippen molar-refractivity contribution >= 4 is 0 Å². The lowest BCUT2D eigenvalue weighted by Crippen LogP contribution is -2.33. The molecule has 1 aromatic carbocycles. The van der Waals surface area contributed by atoms with Crippen molar-refractivity contribution in [1.82, 2.24) is 5.32 Å². The number of hydrogen-bond donors (Lipinski definition) is 1. The third kappa shape index (κ3) is 6.19. The van der Waals surface area contributed by atoms with Crippen molar-refractivity contribution in [3.8, 4) is 11.5 Å². The van der Waals surface area contributed by atoms with Gasteiger partial charge in [0, 0.05) is 25.6 Å². The van der Waals surface area contributed by atoms with Crippen LogP contribution in [0.4, 0.5) is 0 Å². The van der Waals surface area contributed by atoms with Crippen molar-refractivity contribution in [3.05, 3.63) is 36.9 Å². The zero-order chi connectivity index (χ0) is 15.6. The number of methoxy groups -OCH3 is 2. The summed E-state index contributed by atoms with van der Waals surface area (Å²) < 4.78 is 16.1. The maximum atomic E-state index is 5.83. The van der Waals surface area contributed by atoms with E-state index in [4.69, 9.17) is 14.2 Å². The lowest BCUT2D eigenvalue weighted by atomic mass is 9.87. The topological polar surface area (TPSA) is 39.7 Å². The Morgan fingerprint density at radius 1 is 1.19 bits per heavy atom. The van der Waals surface area contributed by atoms with Crippen LogP contribution < -0.4 is 14.8 Å². The van der Waals surface area contributed by atoms with Gasteiger partial charge in [-0.05, 0) is 18.6 Å². The molecule has 0 bridgehead atoms. The van der Waals surface area contributed by atoms with Crippen LogP contribution in [-0.4, -0.2) is 40.5 Å². The molecular weight excluding hydrogens is 266 g/mol. The van der Waals surface area contributed by atoms with Crippen LogP contribution in [0.15, 0.2) is 36.9 Å². The van der Waals surface area contributed by atoms with Gasteiger partial charge < -0.3 is 19.5 Å². The van der Waals surface area contributed by atoms with E-state index in [0.717, 1.165) is 31.0 Å². The summed E-state index contributed by atoms with van der Waals surface area (Å²) in [7, 11) is 3.35. The Hall–Kier alpha value is -1.52. The molecule has 0 amide bonds. The minimum absolute atomic E-state index is 0.00421. The van der Waals surface area contributed by atoms with Gasteiger partial charge in [0.2, 0.25) is 0 Å². The molecule has 1 N–H and O–H groups in total. The van der Waals surface area contributed by atoms with Crippen molar-refractivity contribution in [2.45, 2.75) is 13.3 Å². The predicted octanol–water partition coefficient (Wildman–Crippen LogP) is 2.89. The van der Waals surface area contributed by atoms with Gasteiger partial charge in [0.1, 0.15) is 0 Å². The molecule has 21 heavy (non-hydrogen) atoms. The minimum atomic E-state index is -0.00421. The first kappa shape index (κ1) is 17.5. The van der Waals surface area contributed by atoms with E-state index in [2.05, 4.69) is 18.8 Å². The summed E-state index contributed by atoms with van der Waals surface area (Å²) in [6.45, 7) is 9.14. The Morgan fingerprint density at radius 2 is 1.90 bits per heavy atom. The van der Waals surface area contributed by atoms with Gasteiger partial charge in [0.15, 0.2) is 11.5 Å². The third-order valence-electron chi connectivity index (χ3n) is 3.50. The van der Waals surface area contributed by atoms with E-state index in [1.54, 1.807) is 14.2 Å². The molecule has 0 fully saturated rings. The quantitative estimate of drug-likeness (QED) is 0.503. The highest BCUT2D eigenvalue weighted by atomic mass is 16.5. The normalized spacial score (nSPS) is 13.5. The van der Waals surface area contributed by atoms with Gasteiger partial charge in [-0.2, -0.15) is 0 Å². The summed E-state index contributed by atoms with van der Waals surface area (Å²) in [4.78, 5) is 0. The van der Waals surface area contributed by atoms with Crippen LogP contribution in [0.5, 0.6) is 11.5 Å². The van der Waals surface area contributed by atoms with E-state index in [-0.39, 0.29) is 5.41 Å². The molecule has 4 nitrogen and oxygen atoms in total. The van der Waals surface area contributed by atoms with Crippen molar-refractivity contribution in [1.29, 1.82) is 0 Å². The first-order chi connectivity index (χ1) is 10.1. The minimum Gasteiger partial charge on any atom is -0.493 e. The summed E-state index contributed by atoms with van der Waals surface area (Å²) in [6.07, 6.45) is 2.87. The molecule has 1 aromatic rings. The fourth-order valence-corrected chi connectivity index (χ4v) is 1.94. The Bertz CT molecular complexity index is 422. The van der Waals surface area contributed by atoms with E-state index in [1.165, 1.54) is 0 Å². The van der Waals surface area contributed by atoms with Crippen LogP contribution in [-0.2, 0) is 4.74 Å². The molecule has 0 aromatic heterocycles. The van der Waals surface area contributed by atoms with Crippen LogP contribution >= 0.6 is 0 Å². The molecule has 0 aliphatic carbocycles. The number of benzene rings is 1. The smallest absolute Gasteiger partial charge is 0.161 e. The predicted molar refractivity (Wildman–Crippen MR) is 86.2 cm³/mol. The molecule has 0 saturated heterocycles. The van der Waals surface area contributed by atoms with Crippen LogP contribution in [0.25, 0.3) is 0 Å². The van der Waals surface area contributed by atoms with Gasteiger partial charge in [-0.15, -0.1) is 6.58 Å². The standard InChI is InChI=1S/C17H27NO3/c1-5-17(2,14-18-11-13-19-3)10-12-21-16-9-7-6-8-15(16)20-4/h5-9,18H,1,10-14H2,2-4H3. The molecule has 0 heterocycles. The average molecular weight is 293 g/mol. The van der Waals surface area contributed by atoms with Crippen LogP contribution in [0.2, 0.25) is 0 Å². The first-order valence-corrected chi connectivity index (χ1v) is 7.24. The zero-order valence-electron chi connectivity index (χ0n) is 13.4. The van der Waals surface area contributed by atoms with Gasteiger partial charge in [0.25, 0.3) is 0 Å². The lowest BCUT2D eigenvalue weighted by Gasteiger charge is -2.26. The van der Waals surface area contributed by atoms with E-state index in [1.807, 2.05) is 30.3 Å². The van der Waals surface area contributed by atoms with E-state index in [9.17, 15) is 0 Å². The van der Waals surface area contributed by atoms with E-state index >= 15 is 0 Å². The van der Waals surface area contributed by atoms with Gasteiger partial charge in [-0.25, -0.2) is 0 Å². The Labute approximate surface area is 128 Å². The Morgan fingerprint density at radius 3 is 2.52 bits per heavy atom. The molecule has 0 radical (unpaired) electrons. The molecular formula is C17H27NO3.